The number of sulfonamides is 1. The summed E-state index contributed by atoms with van der Waals surface area (Å²) < 4.78 is 31.0. The summed E-state index contributed by atoms with van der Waals surface area (Å²) in [7, 11) is -3.32. The molecule has 1 amide bonds. The largest absolute Gasteiger partial charge is 0.348 e. The average molecular weight is 380 g/mol. The molecule has 3 heterocycles. The van der Waals surface area contributed by atoms with Crippen molar-refractivity contribution in [3.63, 3.8) is 0 Å². The van der Waals surface area contributed by atoms with Crippen LogP contribution in [0.4, 0.5) is 0 Å². The van der Waals surface area contributed by atoms with E-state index in [1.54, 1.807) is 13.0 Å². The summed E-state index contributed by atoms with van der Waals surface area (Å²) in [5.74, 6) is 0.730. The highest BCUT2D eigenvalue weighted by atomic mass is 32.2. The van der Waals surface area contributed by atoms with Crippen LogP contribution in [0.2, 0.25) is 0 Å². The van der Waals surface area contributed by atoms with Crippen molar-refractivity contribution < 1.29 is 17.7 Å². The Hall–Kier alpha value is -2.27. The third-order valence-electron chi connectivity index (χ3n) is 5.35. The van der Waals surface area contributed by atoms with Gasteiger partial charge in [0.05, 0.1) is 11.7 Å². The lowest BCUT2D eigenvalue weighted by Crippen LogP contribution is -2.39. The van der Waals surface area contributed by atoms with E-state index in [1.807, 2.05) is 0 Å². The molecule has 1 saturated heterocycles. The molecular weight excluding hydrogens is 360 g/mol. The molecule has 11 heteroatoms. The van der Waals surface area contributed by atoms with E-state index in [0.29, 0.717) is 36.8 Å². The van der Waals surface area contributed by atoms with Gasteiger partial charge in [-0.2, -0.15) is 10.1 Å². The number of nitrogens with zero attached hydrogens (tertiary/aromatic N) is 4. The number of aryl methyl sites for hydroxylation is 1. The van der Waals surface area contributed by atoms with Gasteiger partial charge >= 0.3 is 0 Å². The molecule has 10 nitrogen and oxygen atoms in total. The van der Waals surface area contributed by atoms with Gasteiger partial charge in [0.2, 0.25) is 15.9 Å². The lowest BCUT2D eigenvalue weighted by atomic mass is 9.80. The van der Waals surface area contributed by atoms with Gasteiger partial charge in [-0.15, -0.1) is 0 Å². The van der Waals surface area contributed by atoms with Crippen LogP contribution < -0.4 is 5.32 Å². The molecule has 2 aliphatic rings. The van der Waals surface area contributed by atoms with Crippen molar-refractivity contribution >= 4 is 15.9 Å². The molecule has 2 N–H and O–H groups in total. The molecule has 4 rings (SSSR count). The van der Waals surface area contributed by atoms with Crippen LogP contribution in [0, 0.1) is 12.8 Å². The van der Waals surface area contributed by atoms with Gasteiger partial charge in [-0.25, -0.2) is 12.7 Å². The Balaban J connectivity index is 1.60. The quantitative estimate of drug-likeness (QED) is 0.751. The third kappa shape index (κ3) is 2.80. The minimum Gasteiger partial charge on any atom is -0.348 e. The highest BCUT2D eigenvalue weighted by Crippen LogP contribution is 2.50. The molecule has 3 atom stereocenters. The summed E-state index contributed by atoms with van der Waals surface area (Å²) in [6.07, 6.45) is 3.92. The summed E-state index contributed by atoms with van der Waals surface area (Å²) >= 11 is 0. The molecular formula is C15H20N6O4S. The minimum atomic E-state index is -3.32. The van der Waals surface area contributed by atoms with E-state index in [9.17, 15) is 13.2 Å². The van der Waals surface area contributed by atoms with Gasteiger partial charge in [-0.05, 0) is 31.7 Å². The zero-order valence-corrected chi connectivity index (χ0v) is 15.3. The number of hydrogen-bond donors (Lipinski definition) is 2. The van der Waals surface area contributed by atoms with Gasteiger partial charge in [0.15, 0.2) is 5.82 Å². The van der Waals surface area contributed by atoms with Crippen LogP contribution in [-0.2, 0) is 15.4 Å². The van der Waals surface area contributed by atoms with E-state index in [-0.39, 0.29) is 24.4 Å². The topological polar surface area (TPSA) is 134 Å². The Morgan fingerprint density at radius 1 is 1.50 bits per heavy atom. The second-order valence-electron chi connectivity index (χ2n) is 7.14. The first kappa shape index (κ1) is 17.2. The fourth-order valence-corrected chi connectivity index (χ4v) is 5.08. The first-order valence-electron chi connectivity index (χ1n) is 8.34. The van der Waals surface area contributed by atoms with E-state index in [0.717, 1.165) is 0 Å². The zero-order valence-electron chi connectivity index (χ0n) is 14.5. The third-order valence-corrected chi connectivity index (χ3v) is 6.56. The predicted molar refractivity (Wildman–Crippen MR) is 89.7 cm³/mol. The molecule has 2 aromatic heterocycles. The smallest absolute Gasteiger partial charge is 0.269 e. The molecule has 0 spiro atoms. The van der Waals surface area contributed by atoms with E-state index in [2.05, 4.69) is 25.7 Å². The van der Waals surface area contributed by atoms with Crippen LogP contribution in [-0.4, -0.2) is 64.4 Å². The summed E-state index contributed by atoms with van der Waals surface area (Å²) in [6, 6.07) is 1.50. The highest BCUT2D eigenvalue weighted by Gasteiger charge is 2.59. The van der Waals surface area contributed by atoms with Crippen LogP contribution in [0.15, 0.2) is 16.8 Å². The first-order chi connectivity index (χ1) is 12.3. The molecule has 0 radical (unpaired) electrons. The summed E-state index contributed by atoms with van der Waals surface area (Å²) in [5, 5.41) is 13.3. The Labute approximate surface area is 150 Å². The summed E-state index contributed by atoms with van der Waals surface area (Å²) in [5.41, 5.74) is -0.182. The van der Waals surface area contributed by atoms with Gasteiger partial charge in [-0.3, -0.25) is 9.89 Å². The zero-order chi connectivity index (χ0) is 18.5. The molecule has 140 valence electrons. The van der Waals surface area contributed by atoms with Crippen molar-refractivity contribution in [3.8, 4) is 0 Å². The minimum absolute atomic E-state index is 0.00384. The van der Waals surface area contributed by atoms with E-state index in [4.69, 9.17) is 4.52 Å². The number of carbonyl (C=O) groups is 1. The van der Waals surface area contributed by atoms with Crippen molar-refractivity contribution in [1.29, 1.82) is 0 Å². The number of fused-ring (bicyclic) bond motifs is 1. The number of nitrogens with one attached hydrogen (secondary N) is 2. The molecule has 2 aromatic rings. The lowest BCUT2D eigenvalue weighted by molar-refractivity contribution is 0.0929. The van der Waals surface area contributed by atoms with Gasteiger partial charge in [-0.1, -0.05) is 5.16 Å². The molecule has 1 aliphatic heterocycles. The SMILES string of the molecule is Cc1noc([C@]23C[C@H](NC(=O)c4ccn[nH]4)CC2CN(S(C)(=O)=O)C3)n1. The van der Waals surface area contributed by atoms with Crippen LogP contribution >= 0.6 is 0 Å². The second-order valence-corrected chi connectivity index (χ2v) is 9.12. The van der Waals surface area contributed by atoms with Gasteiger partial charge in [0.1, 0.15) is 5.69 Å². The first-order valence-corrected chi connectivity index (χ1v) is 10.2. The molecule has 0 aromatic carbocycles. The monoisotopic (exact) mass is 380 g/mol. The Kier molecular flexibility index (Phi) is 3.88. The summed E-state index contributed by atoms with van der Waals surface area (Å²) in [6.45, 7) is 2.40. The number of aromatic amines is 1. The molecule has 1 unspecified atom stereocenters. The molecule has 26 heavy (non-hydrogen) atoms. The highest BCUT2D eigenvalue weighted by molar-refractivity contribution is 7.88. The van der Waals surface area contributed by atoms with Crippen LogP contribution in [0.25, 0.3) is 0 Å². The van der Waals surface area contributed by atoms with Crippen molar-refractivity contribution in [2.75, 3.05) is 19.3 Å². The Morgan fingerprint density at radius 3 is 2.92 bits per heavy atom. The number of carbonyl (C=O) groups excluding carboxylic acids is 1. The second kappa shape index (κ2) is 5.88. The standard InChI is InChI=1S/C15H20N6O4S/c1-9-17-14(25-20-9)15-6-11(18-13(22)12-3-4-16-19-12)5-10(15)7-21(8-15)26(2,23)24/h3-4,10-11H,5-8H2,1-2H3,(H,16,19)(H,18,22)/t10?,11-,15+/m1/s1. The number of hydrogen-bond acceptors (Lipinski definition) is 7. The normalized spacial score (nSPS) is 29.0. The van der Waals surface area contributed by atoms with Crippen molar-refractivity contribution in [2.45, 2.75) is 31.2 Å². The average Bonchev–Trinajstić information content (AvgIpc) is 3.28. The number of H-pyrrole nitrogens is 1. The van der Waals surface area contributed by atoms with Crippen LogP contribution in [0.3, 0.4) is 0 Å². The number of aromatic nitrogens is 4. The Bertz CT molecular complexity index is 924. The van der Waals surface area contributed by atoms with E-state index >= 15 is 0 Å². The lowest BCUT2D eigenvalue weighted by Gasteiger charge is -2.24. The Morgan fingerprint density at radius 2 is 2.31 bits per heavy atom. The fourth-order valence-electron chi connectivity index (χ4n) is 4.16. The molecule has 1 saturated carbocycles. The van der Waals surface area contributed by atoms with Crippen molar-refractivity contribution in [3.05, 3.63) is 29.7 Å². The molecule has 0 bridgehead atoms. The van der Waals surface area contributed by atoms with Gasteiger partial charge in [0.25, 0.3) is 5.91 Å². The maximum atomic E-state index is 12.3. The van der Waals surface area contributed by atoms with Crippen molar-refractivity contribution in [1.82, 2.24) is 30.0 Å². The van der Waals surface area contributed by atoms with Gasteiger partial charge < -0.3 is 9.84 Å². The van der Waals surface area contributed by atoms with Crippen molar-refractivity contribution in [2.24, 2.45) is 5.92 Å². The van der Waals surface area contributed by atoms with E-state index in [1.165, 1.54) is 16.8 Å². The molecule has 1 aliphatic carbocycles. The fraction of sp³-hybridized carbons (Fsp3) is 0.600. The van der Waals surface area contributed by atoms with Gasteiger partial charge in [0, 0.05) is 25.3 Å². The van der Waals surface area contributed by atoms with E-state index < -0.39 is 15.4 Å². The summed E-state index contributed by atoms with van der Waals surface area (Å²) in [4.78, 5) is 16.7. The van der Waals surface area contributed by atoms with Crippen LogP contribution in [0.1, 0.15) is 35.0 Å². The maximum Gasteiger partial charge on any atom is 0.269 e. The van der Waals surface area contributed by atoms with Crippen LogP contribution in [0.5, 0.6) is 0 Å². The maximum absolute atomic E-state index is 12.3. The predicted octanol–water partition coefficient (Wildman–Crippen LogP) is -0.177. The number of rotatable bonds is 4. The molecule has 2 fully saturated rings. The number of amides is 1.